The summed E-state index contributed by atoms with van der Waals surface area (Å²) in [5, 5.41) is 40.1. The van der Waals surface area contributed by atoms with Crippen LogP contribution in [0.3, 0.4) is 0 Å². The van der Waals surface area contributed by atoms with E-state index < -0.39 is 69.4 Å². The molecule has 0 amide bonds. The number of anilines is 1. The Bertz CT molecular complexity index is 2920. The first-order chi connectivity index (χ1) is 32.6. The minimum absolute atomic E-state index is 0.00890. The summed E-state index contributed by atoms with van der Waals surface area (Å²) < 4.78 is 129. The SMILES string of the molecule is CCc1cc(N)ccc1-c1ccc(OC(C)=O)cc1C(F)(F)F.CCc1cc([N+](=O)[O-])ccc1-c1ccc(OC(C)=O)cc1C(F)(F)F.O=[N+]([O-])c1ccc(-c2ccc(O)cc2C(F)(F)F)c(CO)c1. The Morgan fingerprint density at radius 2 is 0.871 bits per heavy atom. The van der Waals surface area contributed by atoms with Gasteiger partial charge in [-0.3, -0.25) is 29.8 Å². The van der Waals surface area contributed by atoms with Crippen molar-refractivity contribution in [2.45, 2.75) is 65.7 Å². The summed E-state index contributed by atoms with van der Waals surface area (Å²) in [6, 6.07) is 21.1. The average Bonchev–Trinajstić information content (AvgIpc) is 3.27. The van der Waals surface area contributed by atoms with E-state index in [0.717, 1.165) is 67.9 Å². The molecule has 0 bridgehead atoms. The van der Waals surface area contributed by atoms with Crippen molar-refractivity contribution in [3.8, 4) is 50.6 Å². The van der Waals surface area contributed by atoms with Crippen LogP contribution in [-0.4, -0.2) is 32.0 Å². The van der Waals surface area contributed by atoms with Crippen molar-refractivity contribution < 1.29 is 78.6 Å². The zero-order chi connectivity index (χ0) is 52.5. The maximum atomic E-state index is 13.4. The third kappa shape index (κ3) is 14.0. The fraction of sp³-hybridized carbons (Fsp3) is 0.208. The number of aliphatic hydroxyl groups is 1. The van der Waals surface area contributed by atoms with Crippen molar-refractivity contribution in [2.75, 3.05) is 5.73 Å². The monoisotopic (exact) mass is 989 g/mol. The number of nitrogens with two attached hydrogens (primary N) is 1. The van der Waals surface area contributed by atoms with E-state index in [1.54, 1.807) is 25.1 Å². The molecule has 13 nitrogen and oxygen atoms in total. The van der Waals surface area contributed by atoms with Crippen LogP contribution >= 0.6 is 0 Å². The van der Waals surface area contributed by atoms with Crippen molar-refractivity contribution in [1.82, 2.24) is 0 Å². The Labute approximate surface area is 391 Å². The molecule has 22 heteroatoms. The maximum Gasteiger partial charge on any atom is 0.417 e. The number of phenolic OH excluding ortho intramolecular Hbond substituents is 1. The number of esters is 2. The molecule has 4 N–H and O–H groups in total. The number of carbonyl (C=O) groups is 2. The van der Waals surface area contributed by atoms with Gasteiger partial charge < -0.3 is 25.4 Å². The highest BCUT2D eigenvalue weighted by molar-refractivity contribution is 5.77. The summed E-state index contributed by atoms with van der Waals surface area (Å²) in [5.74, 6) is -2.31. The third-order valence-corrected chi connectivity index (χ3v) is 9.96. The number of phenols is 1. The highest BCUT2D eigenvalue weighted by Crippen LogP contribution is 2.44. The van der Waals surface area contributed by atoms with Crippen LogP contribution in [0.4, 0.5) is 56.6 Å². The average molecular weight is 990 g/mol. The lowest BCUT2D eigenvalue weighted by molar-refractivity contribution is -0.385. The Hall–Kier alpha value is -8.01. The first kappa shape index (κ1) is 54.6. The molecule has 0 unspecified atom stereocenters. The predicted octanol–water partition coefficient (Wildman–Crippen LogP) is 12.7. The Balaban J connectivity index is 0.000000229. The van der Waals surface area contributed by atoms with Crippen LogP contribution in [0.5, 0.6) is 17.2 Å². The molecule has 0 aromatic heterocycles. The second-order valence-electron chi connectivity index (χ2n) is 14.8. The van der Waals surface area contributed by atoms with Gasteiger partial charge in [-0.05, 0) is 124 Å². The van der Waals surface area contributed by atoms with Crippen LogP contribution in [0.15, 0.2) is 109 Å². The molecule has 0 aliphatic rings. The van der Waals surface area contributed by atoms with E-state index in [9.17, 15) is 79.5 Å². The smallest absolute Gasteiger partial charge is 0.417 e. The molecule has 0 aliphatic heterocycles. The highest BCUT2D eigenvalue weighted by Gasteiger charge is 2.37. The van der Waals surface area contributed by atoms with Gasteiger partial charge in [0.05, 0.1) is 33.1 Å². The van der Waals surface area contributed by atoms with Gasteiger partial charge in [0.25, 0.3) is 11.4 Å². The van der Waals surface area contributed by atoms with E-state index in [2.05, 4.69) is 0 Å². The molecule has 70 heavy (non-hydrogen) atoms. The molecule has 370 valence electrons. The largest absolute Gasteiger partial charge is 0.508 e. The van der Waals surface area contributed by atoms with Gasteiger partial charge in [0, 0.05) is 43.8 Å². The van der Waals surface area contributed by atoms with Crippen LogP contribution in [0, 0.1) is 20.2 Å². The van der Waals surface area contributed by atoms with Gasteiger partial charge in [-0.1, -0.05) is 38.1 Å². The molecule has 6 rings (SSSR count). The number of ether oxygens (including phenoxy) is 2. The number of aliphatic hydroxyl groups excluding tert-OH is 1. The number of rotatable bonds is 10. The number of nitro groups is 2. The number of nitro benzene ring substituents is 2. The number of nitrogen functional groups attached to an aromatic ring is 1. The van der Waals surface area contributed by atoms with Crippen LogP contribution in [0.2, 0.25) is 0 Å². The van der Waals surface area contributed by atoms with Crippen LogP contribution in [-0.2, 0) is 47.6 Å². The molecule has 0 heterocycles. The lowest BCUT2D eigenvalue weighted by Crippen LogP contribution is -2.10. The summed E-state index contributed by atoms with van der Waals surface area (Å²) >= 11 is 0. The molecule has 0 fully saturated rings. The van der Waals surface area contributed by atoms with Gasteiger partial charge >= 0.3 is 30.5 Å². The lowest BCUT2D eigenvalue weighted by Gasteiger charge is -2.17. The van der Waals surface area contributed by atoms with E-state index in [4.69, 9.17) is 15.2 Å². The molecule has 0 saturated carbocycles. The third-order valence-electron chi connectivity index (χ3n) is 9.96. The number of hydrogen-bond acceptors (Lipinski definition) is 11. The molecule has 0 saturated heterocycles. The van der Waals surface area contributed by atoms with Crippen molar-refractivity contribution >= 4 is 29.0 Å². The second kappa shape index (κ2) is 22.4. The second-order valence-corrected chi connectivity index (χ2v) is 14.8. The number of hydrogen-bond donors (Lipinski definition) is 3. The van der Waals surface area contributed by atoms with Gasteiger partial charge in [0.1, 0.15) is 17.2 Å². The van der Waals surface area contributed by atoms with Crippen LogP contribution in [0.25, 0.3) is 33.4 Å². The number of nitrogens with zero attached hydrogens (tertiary/aromatic N) is 2. The van der Waals surface area contributed by atoms with Crippen LogP contribution < -0.4 is 15.2 Å². The van der Waals surface area contributed by atoms with Crippen molar-refractivity contribution in [2.24, 2.45) is 0 Å². The van der Waals surface area contributed by atoms with E-state index in [1.165, 1.54) is 36.4 Å². The fourth-order valence-electron chi connectivity index (χ4n) is 6.95. The molecular formula is C48H40F9N3O10. The Morgan fingerprint density at radius 1 is 0.529 bits per heavy atom. The van der Waals surface area contributed by atoms with E-state index in [1.807, 2.05) is 6.92 Å². The minimum Gasteiger partial charge on any atom is -0.508 e. The van der Waals surface area contributed by atoms with Gasteiger partial charge in [-0.15, -0.1) is 0 Å². The first-order valence-electron chi connectivity index (χ1n) is 20.3. The molecule has 0 radical (unpaired) electrons. The number of benzene rings is 6. The fourth-order valence-corrected chi connectivity index (χ4v) is 6.95. The highest BCUT2D eigenvalue weighted by atomic mass is 19.4. The number of aryl methyl sites for hydroxylation is 2. The zero-order valence-electron chi connectivity index (χ0n) is 37.0. The summed E-state index contributed by atoms with van der Waals surface area (Å²) in [4.78, 5) is 42.2. The number of non-ortho nitro benzene ring substituents is 2. The lowest BCUT2D eigenvalue weighted by atomic mass is 9.93. The normalized spacial score (nSPS) is 11.3. The molecule has 6 aromatic rings. The first-order valence-corrected chi connectivity index (χ1v) is 20.3. The van der Waals surface area contributed by atoms with Gasteiger partial charge in [0.15, 0.2) is 0 Å². The number of alkyl halides is 9. The van der Waals surface area contributed by atoms with Crippen molar-refractivity contribution in [3.63, 3.8) is 0 Å². The number of carbonyl (C=O) groups excluding carboxylic acids is 2. The standard InChI is InChI=1S/C17H14F3NO4.C17H16F3NO2.C14H10F3NO4/c1-3-11-8-12(21(23)24)4-6-14(11)15-7-5-13(25-10(2)22)9-16(15)17(18,19)20;1-3-11-8-12(21)4-6-14(11)15-7-5-13(23-10(2)22)9-16(15)17(18,19)20;15-14(16,17)13-6-10(20)2-4-12(13)11-3-1-9(18(21)22)5-8(11)7-19/h4-9H,3H2,1-2H3;4-9H,3,21H2,1-2H3;1-6,19-20H,7H2. The Kier molecular flexibility index (Phi) is 17.5. The summed E-state index contributed by atoms with van der Waals surface area (Å²) in [6.45, 7) is 5.11. The molecular weight excluding hydrogens is 950 g/mol. The van der Waals surface area contributed by atoms with Crippen molar-refractivity contribution in [3.05, 3.63) is 163 Å². The topological polar surface area (TPSA) is 205 Å². The van der Waals surface area contributed by atoms with E-state index in [-0.39, 0.29) is 56.3 Å². The molecule has 6 aromatic carbocycles. The quantitative estimate of drug-likeness (QED) is 0.0294. The summed E-state index contributed by atoms with van der Waals surface area (Å²) in [5.41, 5.74) is 4.24. The van der Waals surface area contributed by atoms with Gasteiger partial charge in [-0.2, -0.15) is 39.5 Å². The zero-order valence-corrected chi connectivity index (χ0v) is 37.0. The molecule has 0 atom stereocenters. The van der Waals surface area contributed by atoms with Gasteiger partial charge in [-0.25, -0.2) is 0 Å². The van der Waals surface area contributed by atoms with Gasteiger partial charge in [0.2, 0.25) is 0 Å². The summed E-state index contributed by atoms with van der Waals surface area (Å²) in [6.07, 6.45) is -13.1. The van der Waals surface area contributed by atoms with Crippen molar-refractivity contribution in [1.29, 1.82) is 0 Å². The number of halogens is 9. The van der Waals surface area contributed by atoms with E-state index >= 15 is 0 Å². The predicted molar refractivity (Wildman–Crippen MR) is 237 cm³/mol. The molecule has 0 aliphatic carbocycles. The van der Waals surface area contributed by atoms with E-state index in [0.29, 0.717) is 35.7 Å². The minimum atomic E-state index is -4.72. The summed E-state index contributed by atoms with van der Waals surface area (Å²) in [7, 11) is 0. The maximum absolute atomic E-state index is 13.4. The molecule has 0 spiro atoms. The Morgan fingerprint density at radius 3 is 1.24 bits per heavy atom. The number of aromatic hydroxyl groups is 1. The van der Waals surface area contributed by atoms with Crippen LogP contribution in [0.1, 0.15) is 61.1 Å².